The summed E-state index contributed by atoms with van der Waals surface area (Å²) in [6.07, 6.45) is 3.99. The maximum atomic E-state index is 12.9. The second-order valence-electron chi connectivity index (χ2n) is 6.92. The van der Waals surface area contributed by atoms with Crippen LogP contribution in [-0.2, 0) is 22.7 Å². The average Bonchev–Trinajstić information content (AvgIpc) is 3.10. The lowest BCUT2D eigenvalue weighted by Gasteiger charge is -2.44. The lowest BCUT2D eigenvalue weighted by atomic mass is 9.55. The summed E-state index contributed by atoms with van der Waals surface area (Å²) in [5.74, 6) is -0.577. The summed E-state index contributed by atoms with van der Waals surface area (Å²) in [6, 6.07) is 9.66. The van der Waals surface area contributed by atoms with Gasteiger partial charge in [0.25, 0.3) is 0 Å². The van der Waals surface area contributed by atoms with Gasteiger partial charge in [-0.1, -0.05) is 36.4 Å². The number of aryl methyl sites for hydroxylation is 1. The van der Waals surface area contributed by atoms with Crippen LogP contribution in [0.25, 0.3) is 6.08 Å². The Bertz CT molecular complexity index is 901. The number of hydrogen-bond donors (Lipinski definition) is 0. The van der Waals surface area contributed by atoms with Crippen LogP contribution in [0.1, 0.15) is 29.8 Å². The van der Waals surface area contributed by atoms with Gasteiger partial charge in [-0.05, 0) is 24.5 Å². The molecule has 5 rings (SSSR count). The van der Waals surface area contributed by atoms with Gasteiger partial charge in [0.2, 0.25) is 11.8 Å². The molecule has 126 valence electrons. The van der Waals surface area contributed by atoms with Crippen molar-refractivity contribution in [1.82, 2.24) is 19.9 Å². The predicted molar refractivity (Wildman–Crippen MR) is 89.9 cm³/mol. The Morgan fingerprint density at radius 3 is 2.52 bits per heavy atom. The summed E-state index contributed by atoms with van der Waals surface area (Å²) in [5, 5.41) is 9.00. The van der Waals surface area contributed by atoms with Gasteiger partial charge >= 0.3 is 0 Å². The Hall–Kier alpha value is -2.76. The Morgan fingerprint density at radius 1 is 1.00 bits per heavy atom. The number of nitrogens with zero attached hydrogens (tertiary/aromatic N) is 4. The van der Waals surface area contributed by atoms with Crippen molar-refractivity contribution in [3.05, 3.63) is 53.4 Å². The van der Waals surface area contributed by atoms with Crippen LogP contribution in [0.5, 0.6) is 0 Å². The van der Waals surface area contributed by atoms with E-state index in [9.17, 15) is 9.59 Å². The minimum atomic E-state index is -0.285. The Balaban J connectivity index is 1.47. The molecule has 0 bridgehead atoms. The largest absolute Gasteiger partial charge is 0.278 e. The van der Waals surface area contributed by atoms with Crippen LogP contribution in [0.3, 0.4) is 0 Å². The van der Waals surface area contributed by atoms with Crippen molar-refractivity contribution < 1.29 is 9.59 Å². The van der Waals surface area contributed by atoms with E-state index < -0.39 is 0 Å². The highest BCUT2D eigenvalue weighted by Crippen LogP contribution is 2.59. The fraction of sp³-hybridized carbons (Fsp3) is 0.368. The van der Waals surface area contributed by atoms with E-state index in [4.69, 9.17) is 0 Å². The molecule has 1 saturated heterocycles. The second kappa shape index (κ2) is 5.12. The monoisotopic (exact) mass is 334 g/mol. The molecule has 2 fully saturated rings. The molecule has 2 heterocycles. The fourth-order valence-corrected chi connectivity index (χ4v) is 4.46. The summed E-state index contributed by atoms with van der Waals surface area (Å²) in [4.78, 5) is 28.9. The minimum Gasteiger partial charge on any atom is -0.278 e. The third kappa shape index (κ3) is 1.91. The van der Waals surface area contributed by atoms with Crippen molar-refractivity contribution in [1.29, 1.82) is 0 Å². The van der Waals surface area contributed by atoms with Gasteiger partial charge in [0.1, 0.15) is 5.69 Å². The number of allylic oxidation sites excluding steroid dienone is 1. The van der Waals surface area contributed by atoms with E-state index >= 15 is 0 Å². The average molecular weight is 334 g/mol. The molecule has 1 aliphatic heterocycles. The van der Waals surface area contributed by atoms with Crippen molar-refractivity contribution >= 4 is 17.9 Å². The maximum Gasteiger partial charge on any atom is 0.234 e. The number of fused-ring (bicyclic) bond motifs is 6. The van der Waals surface area contributed by atoms with Crippen molar-refractivity contribution in [2.24, 2.45) is 17.8 Å². The molecule has 2 amide bonds. The number of benzene rings is 1. The van der Waals surface area contributed by atoms with Crippen LogP contribution >= 0.6 is 0 Å². The molecule has 0 N–H and O–H groups in total. The number of likely N-dealkylation sites (tertiary alicyclic amines) is 1. The van der Waals surface area contributed by atoms with E-state index in [2.05, 4.69) is 10.2 Å². The predicted octanol–water partition coefficient (Wildman–Crippen LogP) is 1.84. The molecule has 1 aromatic carbocycles. The molecule has 6 nitrogen and oxygen atoms in total. The number of carbonyl (C=O) groups is 2. The number of rotatable bonds is 3. The SMILES string of the molecule is CCn1nc2c(n1)[C@H]1[C@@H](C=C2)[C@@H]2C(=O)N(Cc3ccccc3)C(=O)[C@@H]21. The zero-order valence-electron chi connectivity index (χ0n) is 13.9. The highest BCUT2D eigenvalue weighted by Gasteiger charge is 2.65. The van der Waals surface area contributed by atoms with E-state index in [0.29, 0.717) is 13.1 Å². The van der Waals surface area contributed by atoms with E-state index in [1.165, 1.54) is 4.90 Å². The van der Waals surface area contributed by atoms with Crippen molar-refractivity contribution in [2.75, 3.05) is 0 Å². The molecule has 6 heteroatoms. The Labute approximate surface area is 145 Å². The lowest BCUT2D eigenvalue weighted by molar-refractivity contribution is -0.140. The molecule has 2 aliphatic carbocycles. The van der Waals surface area contributed by atoms with Crippen molar-refractivity contribution in [3.63, 3.8) is 0 Å². The second-order valence-corrected chi connectivity index (χ2v) is 6.92. The van der Waals surface area contributed by atoms with Crippen LogP contribution < -0.4 is 0 Å². The van der Waals surface area contributed by atoms with Crippen molar-refractivity contribution in [2.45, 2.75) is 25.9 Å². The van der Waals surface area contributed by atoms with Crippen LogP contribution in [0.15, 0.2) is 36.4 Å². The number of amides is 2. The molecule has 2 aromatic rings. The number of carbonyl (C=O) groups excluding carboxylic acids is 2. The molecule has 0 radical (unpaired) electrons. The molecule has 0 spiro atoms. The highest BCUT2D eigenvalue weighted by molar-refractivity contribution is 6.07. The van der Waals surface area contributed by atoms with Gasteiger partial charge in [-0.2, -0.15) is 15.0 Å². The Kier molecular flexibility index (Phi) is 2.98. The molecular formula is C19H18N4O2. The van der Waals surface area contributed by atoms with Gasteiger partial charge in [-0.15, -0.1) is 0 Å². The fourth-order valence-electron chi connectivity index (χ4n) is 4.46. The number of imide groups is 1. The van der Waals surface area contributed by atoms with Gasteiger partial charge in [0, 0.05) is 5.92 Å². The normalized spacial score (nSPS) is 29.2. The summed E-state index contributed by atoms with van der Waals surface area (Å²) in [5.41, 5.74) is 2.68. The number of aromatic nitrogens is 3. The number of hydrogen-bond acceptors (Lipinski definition) is 4. The van der Waals surface area contributed by atoms with E-state index in [1.807, 2.05) is 49.4 Å². The zero-order chi connectivity index (χ0) is 17.1. The quantitative estimate of drug-likeness (QED) is 0.803. The topological polar surface area (TPSA) is 68.1 Å². The molecular weight excluding hydrogens is 316 g/mol. The highest BCUT2D eigenvalue weighted by atomic mass is 16.2. The summed E-state index contributed by atoms with van der Waals surface area (Å²) >= 11 is 0. The van der Waals surface area contributed by atoms with Crippen LogP contribution in [0, 0.1) is 17.8 Å². The minimum absolute atomic E-state index is 0.0116. The zero-order valence-corrected chi connectivity index (χ0v) is 13.9. The van der Waals surface area contributed by atoms with E-state index in [1.54, 1.807) is 4.80 Å². The summed E-state index contributed by atoms with van der Waals surface area (Å²) < 4.78 is 0. The van der Waals surface area contributed by atoms with Crippen LogP contribution in [0.2, 0.25) is 0 Å². The first kappa shape index (κ1) is 14.6. The summed E-state index contributed by atoms with van der Waals surface area (Å²) in [7, 11) is 0. The van der Waals surface area contributed by atoms with Gasteiger partial charge < -0.3 is 0 Å². The van der Waals surface area contributed by atoms with Gasteiger partial charge in [0.05, 0.1) is 30.6 Å². The maximum absolute atomic E-state index is 12.9. The molecule has 1 aromatic heterocycles. The smallest absolute Gasteiger partial charge is 0.234 e. The van der Waals surface area contributed by atoms with E-state index in [0.717, 1.165) is 17.0 Å². The molecule has 25 heavy (non-hydrogen) atoms. The van der Waals surface area contributed by atoms with E-state index in [-0.39, 0.29) is 35.5 Å². The third-order valence-electron chi connectivity index (χ3n) is 5.67. The molecule has 1 saturated carbocycles. The standard InChI is InChI=1S/C19H18N4O2/c1-2-23-20-13-9-8-12-14(17(13)21-23)16-15(12)18(24)22(19(16)25)10-11-6-4-3-5-7-11/h3-9,12,14-16H,2,10H2,1H3/t12-,14+,15+,16-/m1/s1. The van der Waals surface area contributed by atoms with Gasteiger partial charge in [0.15, 0.2) is 0 Å². The van der Waals surface area contributed by atoms with Gasteiger partial charge in [-0.3, -0.25) is 14.5 Å². The Morgan fingerprint density at radius 2 is 1.76 bits per heavy atom. The first-order chi connectivity index (χ1) is 12.2. The van der Waals surface area contributed by atoms with Crippen LogP contribution in [0.4, 0.5) is 0 Å². The summed E-state index contributed by atoms with van der Waals surface area (Å²) in [6.45, 7) is 3.03. The van der Waals surface area contributed by atoms with Gasteiger partial charge in [-0.25, -0.2) is 0 Å². The molecule has 0 unspecified atom stereocenters. The third-order valence-corrected chi connectivity index (χ3v) is 5.67. The first-order valence-electron chi connectivity index (χ1n) is 8.71. The van der Waals surface area contributed by atoms with Crippen molar-refractivity contribution in [3.8, 4) is 0 Å². The first-order valence-corrected chi connectivity index (χ1v) is 8.71. The lowest BCUT2D eigenvalue weighted by Crippen LogP contribution is -2.47. The van der Waals surface area contributed by atoms with Crippen LogP contribution in [-0.4, -0.2) is 31.7 Å². The molecule has 3 aliphatic rings. The molecule has 4 atom stereocenters.